The number of nitrogens with zero attached hydrogens (tertiary/aromatic N) is 3. The minimum absolute atomic E-state index is 0.588. The summed E-state index contributed by atoms with van der Waals surface area (Å²) >= 11 is 0. The van der Waals surface area contributed by atoms with Gasteiger partial charge in [0.15, 0.2) is 0 Å². The number of allylic oxidation sites excluding steroid dienone is 2. The number of rotatable bonds is 11. The van der Waals surface area contributed by atoms with Crippen LogP contribution in [0.5, 0.6) is 0 Å². The van der Waals surface area contributed by atoms with Crippen LogP contribution >= 0.6 is 0 Å². The lowest BCUT2D eigenvalue weighted by atomic mass is 9.96. The quantitative estimate of drug-likeness (QED) is 0.276. The molecule has 1 saturated carbocycles. The number of pyridine rings is 2. The van der Waals surface area contributed by atoms with Crippen molar-refractivity contribution in [3.63, 3.8) is 0 Å². The van der Waals surface area contributed by atoms with E-state index in [1.165, 1.54) is 12.8 Å². The van der Waals surface area contributed by atoms with Crippen LogP contribution in [0.2, 0.25) is 0 Å². The molecule has 6 heteroatoms. The van der Waals surface area contributed by atoms with E-state index in [9.17, 15) is 0 Å². The van der Waals surface area contributed by atoms with Gasteiger partial charge in [0.05, 0.1) is 35.2 Å². The number of aromatic nitrogens is 2. The summed E-state index contributed by atoms with van der Waals surface area (Å²) in [6, 6.07) is 12.5. The minimum atomic E-state index is 0.588. The third-order valence-corrected chi connectivity index (χ3v) is 6.06. The van der Waals surface area contributed by atoms with Crippen LogP contribution in [0.1, 0.15) is 37.3 Å². The second-order valence-corrected chi connectivity index (χ2v) is 8.95. The first kappa shape index (κ1) is 24.2. The van der Waals surface area contributed by atoms with Crippen molar-refractivity contribution in [1.82, 2.24) is 9.97 Å². The summed E-state index contributed by atoms with van der Waals surface area (Å²) in [6.45, 7) is 13.6. The lowest BCUT2D eigenvalue weighted by Gasteiger charge is -2.16. The fourth-order valence-corrected chi connectivity index (χ4v) is 3.92. The van der Waals surface area contributed by atoms with Crippen molar-refractivity contribution in [2.24, 2.45) is 10.9 Å². The minimum Gasteiger partial charge on any atom is -0.370 e. The molecule has 1 fully saturated rings. The number of aryl methyl sites for hydroxylation is 1. The number of hydrogen-bond donors (Lipinski definition) is 3. The van der Waals surface area contributed by atoms with E-state index in [2.05, 4.69) is 82.2 Å². The molecule has 1 aliphatic carbocycles. The van der Waals surface area contributed by atoms with Gasteiger partial charge in [0.2, 0.25) is 0 Å². The standard InChI is InChI=1S/C29H34N6/c1-6-13-32-28-12-11-25(18-33-28)35-21(4)29(30-5)27-15-23(8-7-19(27)2)24-14-26(17-31-16-24)34-20(3)22-9-10-22/h7-8,11-12,14-18,22,34-35H,3-4,6,9-10,13H2,1-2,5H3,(H,32,33). The molecule has 3 N–H and O–H groups in total. The first-order chi connectivity index (χ1) is 17.0. The van der Waals surface area contributed by atoms with Gasteiger partial charge in [0, 0.05) is 36.6 Å². The van der Waals surface area contributed by atoms with E-state index in [0.29, 0.717) is 5.92 Å². The molecule has 0 radical (unpaired) electrons. The fourth-order valence-electron chi connectivity index (χ4n) is 3.92. The van der Waals surface area contributed by atoms with Crippen molar-refractivity contribution < 1.29 is 0 Å². The molecule has 180 valence electrons. The molecule has 2 heterocycles. The van der Waals surface area contributed by atoms with Crippen LogP contribution in [0.3, 0.4) is 0 Å². The Balaban J connectivity index is 1.53. The van der Waals surface area contributed by atoms with Gasteiger partial charge in [-0.25, -0.2) is 4.98 Å². The molecule has 4 rings (SSSR count). The molecule has 0 amide bonds. The molecule has 35 heavy (non-hydrogen) atoms. The molecule has 0 bridgehead atoms. The van der Waals surface area contributed by atoms with E-state index < -0.39 is 0 Å². The Kier molecular flexibility index (Phi) is 7.60. The maximum Gasteiger partial charge on any atom is 0.126 e. The zero-order valence-electron chi connectivity index (χ0n) is 20.9. The predicted octanol–water partition coefficient (Wildman–Crippen LogP) is 6.65. The molecule has 0 unspecified atom stereocenters. The van der Waals surface area contributed by atoms with Crippen LogP contribution in [0, 0.1) is 12.8 Å². The second-order valence-electron chi connectivity index (χ2n) is 8.95. The predicted molar refractivity (Wildman–Crippen MR) is 148 cm³/mol. The SMILES string of the molecule is C=C(Nc1ccc(NCCC)nc1)C(=NC)c1cc(-c2cncc(NC(=C)C3CC3)c2)ccc1C. The maximum absolute atomic E-state index is 4.57. The van der Waals surface area contributed by atoms with Crippen molar-refractivity contribution in [3.05, 3.63) is 90.7 Å². The van der Waals surface area contributed by atoms with E-state index in [-0.39, 0.29) is 0 Å². The van der Waals surface area contributed by atoms with Gasteiger partial charge in [-0.15, -0.1) is 0 Å². The highest BCUT2D eigenvalue weighted by Gasteiger charge is 2.24. The summed E-state index contributed by atoms with van der Waals surface area (Å²) in [4.78, 5) is 13.5. The van der Waals surface area contributed by atoms with E-state index in [1.54, 1.807) is 13.2 Å². The highest BCUT2D eigenvalue weighted by Crippen LogP contribution is 2.36. The van der Waals surface area contributed by atoms with E-state index in [0.717, 1.165) is 69.5 Å². The van der Waals surface area contributed by atoms with Crippen molar-refractivity contribution in [2.45, 2.75) is 33.1 Å². The molecule has 0 atom stereocenters. The molecule has 2 aromatic heterocycles. The fraction of sp³-hybridized carbons (Fsp3) is 0.276. The van der Waals surface area contributed by atoms with Gasteiger partial charge in [0.25, 0.3) is 0 Å². The van der Waals surface area contributed by atoms with Crippen molar-refractivity contribution in [2.75, 3.05) is 29.5 Å². The Morgan fingerprint density at radius 1 is 1.00 bits per heavy atom. The van der Waals surface area contributed by atoms with Crippen LogP contribution in [0.4, 0.5) is 17.2 Å². The van der Waals surface area contributed by atoms with Crippen LogP contribution in [-0.2, 0) is 0 Å². The molecular weight excluding hydrogens is 432 g/mol. The number of hydrogen-bond acceptors (Lipinski definition) is 6. The summed E-state index contributed by atoms with van der Waals surface area (Å²) in [7, 11) is 1.79. The number of aliphatic imine (C=N–C) groups is 1. The lowest BCUT2D eigenvalue weighted by Crippen LogP contribution is -2.14. The van der Waals surface area contributed by atoms with Gasteiger partial charge in [-0.3, -0.25) is 9.98 Å². The average Bonchev–Trinajstić information content (AvgIpc) is 3.71. The normalized spacial score (nSPS) is 13.3. The first-order valence-corrected chi connectivity index (χ1v) is 12.1. The van der Waals surface area contributed by atoms with Crippen molar-refractivity contribution in [1.29, 1.82) is 0 Å². The van der Waals surface area contributed by atoms with Gasteiger partial charge in [-0.1, -0.05) is 32.2 Å². The van der Waals surface area contributed by atoms with Gasteiger partial charge >= 0.3 is 0 Å². The van der Waals surface area contributed by atoms with E-state index in [4.69, 9.17) is 0 Å². The Morgan fingerprint density at radius 2 is 1.83 bits per heavy atom. The zero-order chi connectivity index (χ0) is 24.8. The number of nitrogens with one attached hydrogen (secondary N) is 3. The molecule has 0 spiro atoms. The van der Waals surface area contributed by atoms with Crippen LogP contribution < -0.4 is 16.0 Å². The molecule has 1 aromatic carbocycles. The Morgan fingerprint density at radius 3 is 2.51 bits per heavy atom. The Labute approximate surface area is 208 Å². The molecule has 0 saturated heterocycles. The molecular formula is C29H34N6. The summed E-state index contributed by atoms with van der Waals surface area (Å²) in [5.74, 6) is 1.45. The number of anilines is 3. The lowest BCUT2D eigenvalue weighted by molar-refractivity contribution is 0.969. The van der Waals surface area contributed by atoms with Crippen LogP contribution in [0.15, 0.2) is 84.5 Å². The molecule has 6 nitrogen and oxygen atoms in total. The molecule has 3 aromatic rings. The summed E-state index contributed by atoms with van der Waals surface area (Å²) in [5.41, 5.74) is 8.68. The topological polar surface area (TPSA) is 74.2 Å². The maximum atomic E-state index is 4.57. The van der Waals surface area contributed by atoms with Gasteiger partial charge < -0.3 is 16.0 Å². The zero-order valence-corrected chi connectivity index (χ0v) is 20.9. The number of benzene rings is 1. The summed E-state index contributed by atoms with van der Waals surface area (Å²) < 4.78 is 0. The van der Waals surface area contributed by atoms with Gasteiger partial charge in [-0.2, -0.15) is 0 Å². The van der Waals surface area contributed by atoms with Gasteiger partial charge in [-0.05, 0) is 67.5 Å². The smallest absolute Gasteiger partial charge is 0.126 e. The van der Waals surface area contributed by atoms with Crippen LogP contribution in [0.25, 0.3) is 11.1 Å². The largest absolute Gasteiger partial charge is 0.370 e. The van der Waals surface area contributed by atoms with Crippen molar-refractivity contribution >= 4 is 22.9 Å². The third-order valence-electron chi connectivity index (χ3n) is 6.06. The molecule has 0 aliphatic heterocycles. The highest BCUT2D eigenvalue weighted by molar-refractivity contribution is 6.15. The van der Waals surface area contributed by atoms with Gasteiger partial charge in [0.1, 0.15) is 5.82 Å². The summed E-state index contributed by atoms with van der Waals surface area (Å²) in [6.07, 6.45) is 9.02. The summed E-state index contributed by atoms with van der Waals surface area (Å²) in [5, 5.41) is 10.1. The van der Waals surface area contributed by atoms with Crippen molar-refractivity contribution in [3.8, 4) is 11.1 Å². The monoisotopic (exact) mass is 466 g/mol. The van der Waals surface area contributed by atoms with E-state index in [1.807, 2.05) is 24.5 Å². The third kappa shape index (κ3) is 6.15. The molecule has 1 aliphatic rings. The first-order valence-electron chi connectivity index (χ1n) is 12.1. The Hall–Kier alpha value is -3.93. The average molecular weight is 467 g/mol. The van der Waals surface area contributed by atoms with E-state index >= 15 is 0 Å². The highest BCUT2D eigenvalue weighted by atomic mass is 15.0. The second kappa shape index (κ2) is 11.0. The van der Waals surface area contributed by atoms with Crippen LogP contribution in [-0.4, -0.2) is 29.3 Å². The Bertz CT molecular complexity index is 1240.